The Labute approximate surface area is 138 Å². The van der Waals surface area contributed by atoms with Gasteiger partial charge in [0.05, 0.1) is 10.0 Å². The molecule has 22 heavy (non-hydrogen) atoms. The molecule has 0 saturated heterocycles. The first kappa shape index (κ1) is 14.9. The van der Waals surface area contributed by atoms with E-state index in [0.717, 1.165) is 5.56 Å². The zero-order chi connectivity index (χ0) is 15.7. The summed E-state index contributed by atoms with van der Waals surface area (Å²) in [7, 11) is 1.75. The molecule has 0 spiro atoms. The normalized spacial score (nSPS) is 17.6. The molecule has 1 aliphatic rings. The first-order chi connectivity index (χ1) is 10.6. The zero-order valence-electron chi connectivity index (χ0n) is 11.8. The fraction of sp³-hybridized carbons (Fsp3) is 0.125. The van der Waals surface area contributed by atoms with E-state index in [0.29, 0.717) is 21.6 Å². The first-order valence-electron chi connectivity index (χ1n) is 6.71. The van der Waals surface area contributed by atoms with Crippen LogP contribution in [0.1, 0.15) is 11.6 Å². The van der Waals surface area contributed by atoms with Crippen molar-refractivity contribution >= 4 is 40.8 Å². The van der Waals surface area contributed by atoms with Gasteiger partial charge >= 0.3 is 6.03 Å². The molecule has 0 saturated carbocycles. The molecule has 0 bridgehead atoms. The molecule has 1 atom stereocenters. The number of carbonyl (C=O) groups is 1. The van der Waals surface area contributed by atoms with Gasteiger partial charge in [-0.25, -0.2) is 4.79 Å². The lowest BCUT2D eigenvalue weighted by molar-refractivity contribution is 0.255. The smallest absolute Gasteiger partial charge is 0.350 e. The molecule has 112 valence electrons. The van der Waals surface area contributed by atoms with Crippen molar-refractivity contribution in [3.8, 4) is 0 Å². The Morgan fingerprint density at radius 2 is 1.82 bits per heavy atom. The largest absolute Gasteiger partial charge is 0.374 e. The van der Waals surface area contributed by atoms with Crippen molar-refractivity contribution in [3.63, 3.8) is 0 Å². The molecule has 1 unspecified atom stereocenters. The fourth-order valence-electron chi connectivity index (χ4n) is 2.48. The highest BCUT2D eigenvalue weighted by Crippen LogP contribution is 2.35. The van der Waals surface area contributed by atoms with Crippen LogP contribution in [0.5, 0.6) is 0 Å². The number of aliphatic imine (C=N–C) groups is 1. The number of urea groups is 1. The maximum atomic E-state index is 12.3. The number of nitrogens with zero attached hydrogens (tertiary/aromatic N) is 2. The molecule has 2 aromatic carbocycles. The van der Waals surface area contributed by atoms with E-state index >= 15 is 0 Å². The van der Waals surface area contributed by atoms with Crippen LogP contribution in [0.2, 0.25) is 10.0 Å². The third kappa shape index (κ3) is 2.56. The van der Waals surface area contributed by atoms with Crippen molar-refractivity contribution in [2.24, 2.45) is 4.99 Å². The molecule has 6 heteroatoms. The minimum atomic E-state index is -0.336. The topological polar surface area (TPSA) is 44.7 Å². The van der Waals surface area contributed by atoms with Gasteiger partial charge in [0.2, 0.25) is 0 Å². The van der Waals surface area contributed by atoms with Crippen LogP contribution in [0.15, 0.2) is 53.5 Å². The van der Waals surface area contributed by atoms with Gasteiger partial charge in [0, 0.05) is 12.7 Å². The quantitative estimate of drug-likeness (QED) is 0.890. The Morgan fingerprint density at radius 1 is 1.09 bits per heavy atom. The number of anilines is 1. The predicted molar refractivity (Wildman–Crippen MR) is 90.0 cm³/mol. The van der Waals surface area contributed by atoms with Gasteiger partial charge in [-0.1, -0.05) is 53.5 Å². The van der Waals surface area contributed by atoms with Crippen molar-refractivity contribution in [2.45, 2.75) is 6.04 Å². The van der Waals surface area contributed by atoms with Crippen LogP contribution in [-0.2, 0) is 0 Å². The lowest BCUT2D eigenvalue weighted by Gasteiger charge is -2.25. The number of likely N-dealkylation sites (N-methyl/N-ethyl adjacent to an activating group) is 1. The summed E-state index contributed by atoms with van der Waals surface area (Å²) >= 11 is 12.0. The van der Waals surface area contributed by atoms with Crippen LogP contribution in [0, 0.1) is 0 Å². The molecule has 1 N–H and O–H groups in total. The third-order valence-electron chi connectivity index (χ3n) is 3.49. The lowest BCUT2D eigenvalue weighted by Crippen LogP contribution is -2.34. The Morgan fingerprint density at radius 3 is 2.45 bits per heavy atom. The van der Waals surface area contributed by atoms with Crippen molar-refractivity contribution in [3.05, 3.63) is 64.1 Å². The summed E-state index contributed by atoms with van der Waals surface area (Å²) in [5.74, 6) is 0.599. The minimum absolute atomic E-state index is 0.309. The van der Waals surface area contributed by atoms with Crippen LogP contribution in [-0.4, -0.2) is 18.9 Å². The standard InChI is InChI=1S/C16H13Cl2N3O/c1-19-15-14(10-5-3-2-4-6-10)21(16(22)20-15)11-7-8-12(17)13(18)9-11/h2-9,14H,1H3,(H,19,20,22). The van der Waals surface area contributed by atoms with E-state index in [2.05, 4.69) is 10.3 Å². The van der Waals surface area contributed by atoms with Gasteiger partial charge in [-0.2, -0.15) is 4.99 Å². The van der Waals surface area contributed by atoms with Crippen molar-refractivity contribution < 1.29 is 4.79 Å². The molecule has 2 amide bonds. The van der Waals surface area contributed by atoms with E-state index in [1.165, 1.54) is 0 Å². The highest BCUT2D eigenvalue weighted by Gasteiger charge is 2.36. The van der Waals surface area contributed by atoms with Crippen molar-refractivity contribution in [1.29, 1.82) is 0 Å². The number of amides is 2. The summed E-state index contributed by atoms with van der Waals surface area (Å²) in [5.41, 5.74) is 1.62. The molecule has 0 radical (unpaired) electrons. The van der Waals surface area contributed by atoms with Crippen LogP contribution >= 0.6 is 23.2 Å². The van der Waals surface area contributed by atoms with Gasteiger partial charge in [0.1, 0.15) is 11.9 Å². The molecule has 0 aliphatic carbocycles. The number of benzene rings is 2. The molecule has 0 aromatic heterocycles. The van der Waals surface area contributed by atoms with E-state index in [1.54, 1.807) is 30.1 Å². The van der Waals surface area contributed by atoms with Crippen LogP contribution in [0.4, 0.5) is 10.5 Å². The Balaban J connectivity index is 2.08. The van der Waals surface area contributed by atoms with E-state index in [4.69, 9.17) is 23.2 Å². The molecular formula is C16H13Cl2N3O. The zero-order valence-corrected chi connectivity index (χ0v) is 13.3. The minimum Gasteiger partial charge on any atom is -0.374 e. The molecule has 2 aromatic rings. The van der Waals surface area contributed by atoms with E-state index in [1.807, 2.05) is 30.3 Å². The van der Waals surface area contributed by atoms with Crippen LogP contribution in [0.25, 0.3) is 0 Å². The number of rotatable bonds is 2. The first-order valence-corrected chi connectivity index (χ1v) is 7.47. The second kappa shape index (κ2) is 5.99. The molecule has 1 aliphatic heterocycles. The van der Waals surface area contributed by atoms with E-state index in [-0.39, 0.29) is 12.1 Å². The Kier molecular flexibility index (Phi) is 4.05. The molecule has 0 fully saturated rings. The van der Waals surface area contributed by atoms with Crippen LogP contribution < -0.4 is 10.2 Å². The Bertz CT molecular complexity index is 746. The van der Waals surface area contributed by atoms with Gasteiger partial charge in [0.25, 0.3) is 0 Å². The average Bonchev–Trinajstić information content (AvgIpc) is 2.87. The Hall–Kier alpha value is -2.04. The van der Waals surface area contributed by atoms with E-state index in [9.17, 15) is 4.79 Å². The number of hydrogen-bond acceptors (Lipinski definition) is 2. The summed E-state index contributed by atoms with van der Waals surface area (Å²) in [4.78, 5) is 18.0. The fourth-order valence-corrected chi connectivity index (χ4v) is 2.77. The lowest BCUT2D eigenvalue weighted by atomic mass is 10.0. The second-order valence-electron chi connectivity index (χ2n) is 4.81. The highest BCUT2D eigenvalue weighted by atomic mass is 35.5. The second-order valence-corrected chi connectivity index (χ2v) is 5.63. The summed E-state index contributed by atoms with van der Waals surface area (Å²) in [6, 6.07) is 14.2. The molecular weight excluding hydrogens is 321 g/mol. The number of nitrogens with one attached hydrogen (secondary N) is 1. The summed E-state index contributed by atoms with van der Waals surface area (Å²) in [6.07, 6.45) is 0. The number of amidine groups is 1. The van der Waals surface area contributed by atoms with Gasteiger partial charge in [-0.3, -0.25) is 4.90 Å². The summed E-state index contributed by atoms with van der Waals surface area (Å²) < 4.78 is 0. The van der Waals surface area contributed by atoms with Crippen molar-refractivity contribution in [2.75, 3.05) is 11.9 Å². The average molecular weight is 334 g/mol. The predicted octanol–water partition coefficient (Wildman–Crippen LogP) is 4.29. The van der Waals surface area contributed by atoms with Crippen LogP contribution in [0.3, 0.4) is 0 Å². The van der Waals surface area contributed by atoms with Gasteiger partial charge in [-0.05, 0) is 23.8 Å². The molecule has 1 heterocycles. The molecule has 3 rings (SSSR count). The van der Waals surface area contributed by atoms with E-state index < -0.39 is 0 Å². The summed E-state index contributed by atoms with van der Waals surface area (Å²) in [6.45, 7) is 0. The molecule has 4 nitrogen and oxygen atoms in total. The third-order valence-corrected chi connectivity index (χ3v) is 4.23. The SMILES string of the molecule is CNC1=NC(=O)N(c2ccc(Cl)c(Cl)c2)C1c1ccccc1. The number of halogens is 2. The van der Waals surface area contributed by atoms with Gasteiger partial charge < -0.3 is 5.32 Å². The number of carbonyl (C=O) groups excluding carboxylic acids is 1. The van der Waals surface area contributed by atoms with Gasteiger partial charge in [0.15, 0.2) is 0 Å². The monoisotopic (exact) mass is 333 g/mol. The number of hydrogen-bond donors (Lipinski definition) is 1. The maximum Gasteiger partial charge on any atom is 0.350 e. The van der Waals surface area contributed by atoms with Crippen molar-refractivity contribution in [1.82, 2.24) is 5.32 Å². The van der Waals surface area contributed by atoms with Gasteiger partial charge in [-0.15, -0.1) is 0 Å². The summed E-state index contributed by atoms with van der Waals surface area (Å²) in [5, 5.41) is 3.84. The highest BCUT2D eigenvalue weighted by molar-refractivity contribution is 6.42. The maximum absolute atomic E-state index is 12.3.